The Kier molecular flexibility index (Phi) is 4.32. The number of hydrogen-bond acceptors (Lipinski definition) is 4. The van der Waals surface area contributed by atoms with Crippen LogP contribution in [-0.2, 0) is 14.6 Å². The molecule has 1 aliphatic rings. The SMILES string of the molecule is C[C@H]1C[C@H](Nc2ccc(S(C)(=O)=O)cc2)C(=O)N1c1ccccc1. The van der Waals surface area contributed by atoms with Crippen LogP contribution in [0.4, 0.5) is 11.4 Å². The zero-order valence-electron chi connectivity index (χ0n) is 13.6. The summed E-state index contributed by atoms with van der Waals surface area (Å²) < 4.78 is 23.0. The molecule has 5 nitrogen and oxygen atoms in total. The Morgan fingerprint density at radius 3 is 2.25 bits per heavy atom. The maximum Gasteiger partial charge on any atom is 0.249 e. The Bertz CT molecular complexity index is 832. The highest BCUT2D eigenvalue weighted by atomic mass is 32.2. The molecule has 0 saturated carbocycles. The van der Waals surface area contributed by atoms with Gasteiger partial charge in [0, 0.05) is 23.7 Å². The topological polar surface area (TPSA) is 66.5 Å². The minimum atomic E-state index is -3.21. The monoisotopic (exact) mass is 344 g/mol. The van der Waals surface area contributed by atoms with E-state index in [4.69, 9.17) is 0 Å². The van der Waals surface area contributed by atoms with Crippen molar-refractivity contribution in [2.24, 2.45) is 0 Å². The summed E-state index contributed by atoms with van der Waals surface area (Å²) in [5, 5.41) is 3.21. The quantitative estimate of drug-likeness (QED) is 0.926. The summed E-state index contributed by atoms with van der Waals surface area (Å²) in [6, 6.07) is 15.9. The first-order valence-corrected chi connectivity index (χ1v) is 9.70. The summed E-state index contributed by atoms with van der Waals surface area (Å²) in [5.74, 6) is 0.0286. The molecule has 0 spiro atoms. The van der Waals surface area contributed by atoms with Gasteiger partial charge in [0.05, 0.1) is 4.90 Å². The normalized spacial score (nSPS) is 21.1. The molecule has 1 aliphatic heterocycles. The first-order valence-electron chi connectivity index (χ1n) is 7.81. The maximum absolute atomic E-state index is 12.7. The van der Waals surface area contributed by atoms with Gasteiger partial charge in [-0.05, 0) is 49.7 Å². The highest BCUT2D eigenvalue weighted by Crippen LogP contribution is 2.28. The van der Waals surface area contributed by atoms with Crippen molar-refractivity contribution in [3.63, 3.8) is 0 Å². The van der Waals surface area contributed by atoms with Gasteiger partial charge in [-0.1, -0.05) is 18.2 Å². The third kappa shape index (κ3) is 3.28. The summed E-state index contributed by atoms with van der Waals surface area (Å²) >= 11 is 0. The van der Waals surface area contributed by atoms with Gasteiger partial charge >= 0.3 is 0 Å². The molecule has 0 unspecified atom stereocenters. The van der Waals surface area contributed by atoms with Crippen LogP contribution in [0.5, 0.6) is 0 Å². The molecule has 1 N–H and O–H groups in total. The van der Waals surface area contributed by atoms with Crippen LogP contribution < -0.4 is 10.2 Å². The Hall–Kier alpha value is -2.34. The van der Waals surface area contributed by atoms with Crippen LogP contribution in [0, 0.1) is 0 Å². The Balaban J connectivity index is 1.76. The van der Waals surface area contributed by atoms with Gasteiger partial charge in [-0.3, -0.25) is 4.79 Å². The van der Waals surface area contributed by atoms with Gasteiger partial charge in [0.15, 0.2) is 9.84 Å². The van der Waals surface area contributed by atoms with Gasteiger partial charge in [0.25, 0.3) is 0 Å². The second-order valence-corrected chi connectivity index (χ2v) is 8.14. The molecule has 2 aromatic rings. The Morgan fingerprint density at radius 1 is 1.04 bits per heavy atom. The van der Waals surface area contributed by atoms with Gasteiger partial charge < -0.3 is 10.2 Å². The third-order valence-electron chi connectivity index (χ3n) is 4.21. The summed E-state index contributed by atoms with van der Waals surface area (Å²) in [4.78, 5) is 14.8. The van der Waals surface area contributed by atoms with E-state index in [0.29, 0.717) is 6.42 Å². The molecule has 0 aromatic heterocycles. The predicted molar refractivity (Wildman–Crippen MR) is 95.0 cm³/mol. The fourth-order valence-corrected chi connectivity index (χ4v) is 3.65. The molecule has 126 valence electrons. The van der Waals surface area contributed by atoms with Crippen molar-refractivity contribution in [1.29, 1.82) is 0 Å². The maximum atomic E-state index is 12.7. The van der Waals surface area contributed by atoms with Gasteiger partial charge in [-0.25, -0.2) is 8.42 Å². The Morgan fingerprint density at radius 2 is 1.67 bits per heavy atom. The lowest BCUT2D eigenvalue weighted by Gasteiger charge is -2.21. The number of nitrogens with zero attached hydrogens (tertiary/aromatic N) is 1. The van der Waals surface area contributed by atoms with Crippen LogP contribution in [0.25, 0.3) is 0 Å². The highest BCUT2D eigenvalue weighted by Gasteiger charge is 2.37. The molecule has 1 saturated heterocycles. The van der Waals surface area contributed by atoms with Gasteiger partial charge in [-0.15, -0.1) is 0 Å². The number of rotatable bonds is 4. The van der Waals surface area contributed by atoms with Gasteiger partial charge in [0.2, 0.25) is 5.91 Å². The van der Waals surface area contributed by atoms with Crippen LogP contribution in [0.1, 0.15) is 13.3 Å². The van der Waals surface area contributed by atoms with E-state index >= 15 is 0 Å². The number of para-hydroxylation sites is 1. The van der Waals surface area contributed by atoms with E-state index in [9.17, 15) is 13.2 Å². The summed E-state index contributed by atoms with van der Waals surface area (Å²) in [6.07, 6.45) is 1.87. The van der Waals surface area contributed by atoms with Crippen LogP contribution in [-0.4, -0.2) is 32.7 Å². The first kappa shape index (κ1) is 16.5. The average molecular weight is 344 g/mol. The molecule has 2 aromatic carbocycles. The largest absolute Gasteiger partial charge is 0.374 e. The first-order chi connectivity index (χ1) is 11.4. The summed E-state index contributed by atoms with van der Waals surface area (Å²) in [6.45, 7) is 2.03. The van der Waals surface area contributed by atoms with E-state index in [1.807, 2.05) is 42.2 Å². The fraction of sp³-hybridized carbons (Fsp3) is 0.278. The molecule has 2 atom stereocenters. The molecule has 6 heteroatoms. The second-order valence-electron chi connectivity index (χ2n) is 6.12. The van der Waals surface area contributed by atoms with Crippen LogP contribution in [0.2, 0.25) is 0 Å². The number of sulfone groups is 1. The molecule has 3 rings (SSSR count). The number of benzene rings is 2. The standard InChI is InChI=1S/C18H20N2O3S/c1-13-12-17(18(21)20(13)15-6-4-3-5-7-15)19-14-8-10-16(11-9-14)24(2,22)23/h3-11,13,17,19H,12H2,1-2H3/t13-,17-/m0/s1. The van der Waals surface area contributed by atoms with E-state index in [2.05, 4.69) is 5.32 Å². The van der Waals surface area contributed by atoms with E-state index in [1.54, 1.807) is 24.3 Å². The summed E-state index contributed by atoms with van der Waals surface area (Å²) in [5.41, 5.74) is 1.63. The number of nitrogens with one attached hydrogen (secondary N) is 1. The van der Waals surface area contributed by atoms with E-state index in [-0.39, 0.29) is 22.9 Å². The van der Waals surface area contributed by atoms with Crippen molar-refractivity contribution < 1.29 is 13.2 Å². The van der Waals surface area contributed by atoms with Crippen LogP contribution >= 0.6 is 0 Å². The third-order valence-corrected chi connectivity index (χ3v) is 5.34. The lowest BCUT2D eigenvalue weighted by molar-refractivity contribution is -0.117. The van der Waals surface area contributed by atoms with Gasteiger partial charge in [-0.2, -0.15) is 0 Å². The summed E-state index contributed by atoms with van der Waals surface area (Å²) in [7, 11) is -3.21. The van der Waals surface area contributed by atoms with E-state index in [1.165, 1.54) is 6.26 Å². The molecular weight excluding hydrogens is 324 g/mol. The van der Waals surface area contributed by atoms with Crippen molar-refractivity contribution in [3.8, 4) is 0 Å². The lowest BCUT2D eigenvalue weighted by Crippen LogP contribution is -2.35. The minimum absolute atomic E-state index is 0.0286. The molecule has 0 aliphatic carbocycles. The molecule has 1 amide bonds. The molecule has 0 bridgehead atoms. The molecule has 1 fully saturated rings. The fourth-order valence-electron chi connectivity index (χ4n) is 3.02. The average Bonchev–Trinajstić information content (AvgIpc) is 2.82. The van der Waals surface area contributed by atoms with Crippen molar-refractivity contribution in [2.45, 2.75) is 30.3 Å². The second kappa shape index (κ2) is 6.28. The van der Waals surface area contributed by atoms with Crippen molar-refractivity contribution in [2.75, 3.05) is 16.5 Å². The molecule has 24 heavy (non-hydrogen) atoms. The Labute approximate surface area is 142 Å². The minimum Gasteiger partial charge on any atom is -0.374 e. The van der Waals surface area contributed by atoms with Crippen molar-refractivity contribution in [1.82, 2.24) is 0 Å². The van der Waals surface area contributed by atoms with Crippen LogP contribution in [0.15, 0.2) is 59.5 Å². The zero-order chi connectivity index (χ0) is 17.3. The number of hydrogen-bond donors (Lipinski definition) is 1. The zero-order valence-corrected chi connectivity index (χ0v) is 14.5. The number of amides is 1. The smallest absolute Gasteiger partial charge is 0.249 e. The van der Waals surface area contributed by atoms with E-state index < -0.39 is 9.84 Å². The lowest BCUT2D eigenvalue weighted by atomic mass is 10.1. The van der Waals surface area contributed by atoms with Crippen molar-refractivity contribution >= 4 is 27.1 Å². The molecular formula is C18H20N2O3S. The highest BCUT2D eigenvalue weighted by molar-refractivity contribution is 7.90. The number of anilines is 2. The number of carbonyl (C=O) groups excluding carboxylic acids is 1. The van der Waals surface area contributed by atoms with Crippen molar-refractivity contribution in [3.05, 3.63) is 54.6 Å². The van der Waals surface area contributed by atoms with E-state index in [0.717, 1.165) is 11.4 Å². The molecule has 0 radical (unpaired) electrons. The molecule has 1 heterocycles. The predicted octanol–water partition coefficient (Wildman–Crippen LogP) is 2.70. The van der Waals surface area contributed by atoms with Crippen LogP contribution in [0.3, 0.4) is 0 Å². The van der Waals surface area contributed by atoms with Gasteiger partial charge in [0.1, 0.15) is 6.04 Å². The number of carbonyl (C=O) groups is 1.